The number of likely N-dealkylation sites (N-methyl/N-ethyl adjacent to an activating group) is 1. The number of carbonyl (C=O) groups is 1. The van der Waals surface area contributed by atoms with Gasteiger partial charge in [-0.15, -0.1) is 0 Å². The standard InChI is InChI=1S/C22H27N3O4S/c1-23-13-15-24(16-14-23)22(26)17-29-19-8-10-20(11-9-19)30(27,28)25-12-4-6-18-5-2-3-7-21(18)25/h2-3,5,7-11H,4,6,12-17H2,1H3. The summed E-state index contributed by atoms with van der Waals surface area (Å²) in [7, 11) is -1.61. The van der Waals surface area contributed by atoms with Crippen LogP contribution in [0, 0.1) is 0 Å². The largest absolute Gasteiger partial charge is 0.484 e. The summed E-state index contributed by atoms with van der Waals surface area (Å²) in [6, 6.07) is 13.9. The molecular formula is C22H27N3O4S. The van der Waals surface area contributed by atoms with E-state index < -0.39 is 10.0 Å². The first kappa shape index (κ1) is 20.7. The van der Waals surface area contributed by atoms with Gasteiger partial charge < -0.3 is 14.5 Å². The molecule has 0 spiro atoms. The van der Waals surface area contributed by atoms with Crippen LogP contribution in [0.25, 0.3) is 0 Å². The Morgan fingerprint density at radius 2 is 1.67 bits per heavy atom. The molecule has 0 N–H and O–H groups in total. The van der Waals surface area contributed by atoms with Crippen LogP contribution in [0.4, 0.5) is 5.69 Å². The van der Waals surface area contributed by atoms with E-state index >= 15 is 0 Å². The minimum Gasteiger partial charge on any atom is -0.484 e. The van der Waals surface area contributed by atoms with Gasteiger partial charge in [0.05, 0.1) is 10.6 Å². The van der Waals surface area contributed by atoms with Crippen molar-refractivity contribution in [3.63, 3.8) is 0 Å². The predicted molar refractivity (Wildman–Crippen MR) is 115 cm³/mol. The van der Waals surface area contributed by atoms with Gasteiger partial charge in [-0.25, -0.2) is 8.42 Å². The van der Waals surface area contributed by atoms with Crippen LogP contribution in [0.15, 0.2) is 53.4 Å². The molecule has 1 fully saturated rings. The van der Waals surface area contributed by atoms with Crippen LogP contribution in [0.5, 0.6) is 5.75 Å². The summed E-state index contributed by atoms with van der Waals surface area (Å²) in [5, 5.41) is 0. The Hall–Kier alpha value is -2.58. The molecule has 8 heteroatoms. The third-order valence-corrected chi connectivity index (χ3v) is 7.53. The van der Waals surface area contributed by atoms with Crippen molar-refractivity contribution in [1.29, 1.82) is 0 Å². The predicted octanol–water partition coefficient (Wildman–Crippen LogP) is 1.98. The number of hydrogen-bond donors (Lipinski definition) is 0. The summed E-state index contributed by atoms with van der Waals surface area (Å²) in [5.74, 6) is 0.431. The van der Waals surface area contributed by atoms with Crippen molar-refractivity contribution in [2.45, 2.75) is 17.7 Å². The van der Waals surface area contributed by atoms with Crippen LogP contribution in [0.1, 0.15) is 12.0 Å². The maximum atomic E-state index is 13.2. The Labute approximate surface area is 177 Å². The highest BCUT2D eigenvalue weighted by molar-refractivity contribution is 7.92. The fourth-order valence-electron chi connectivity index (χ4n) is 3.88. The van der Waals surface area contributed by atoms with Gasteiger partial charge in [-0.2, -0.15) is 0 Å². The smallest absolute Gasteiger partial charge is 0.264 e. The van der Waals surface area contributed by atoms with E-state index in [9.17, 15) is 13.2 Å². The molecule has 2 aliphatic rings. The number of ether oxygens (including phenoxy) is 1. The lowest BCUT2D eigenvalue weighted by molar-refractivity contribution is -0.134. The number of hydrogen-bond acceptors (Lipinski definition) is 5. The number of nitrogens with zero attached hydrogens (tertiary/aromatic N) is 3. The second-order valence-electron chi connectivity index (χ2n) is 7.75. The third kappa shape index (κ3) is 4.29. The number of fused-ring (bicyclic) bond motifs is 1. The summed E-state index contributed by atoms with van der Waals surface area (Å²) >= 11 is 0. The lowest BCUT2D eigenvalue weighted by Gasteiger charge is -2.32. The number of aryl methyl sites for hydroxylation is 1. The molecule has 7 nitrogen and oxygen atoms in total. The molecule has 0 bridgehead atoms. The van der Waals surface area contributed by atoms with Crippen LogP contribution in [0.2, 0.25) is 0 Å². The van der Waals surface area contributed by atoms with E-state index in [-0.39, 0.29) is 17.4 Å². The maximum absolute atomic E-state index is 13.2. The third-order valence-electron chi connectivity index (χ3n) is 5.70. The zero-order valence-corrected chi connectivity index (χ0v) is 18.0. The number of amides is 1. The van der Waals surface area contributed by atoms with Gasteiger partial charge in [0.2, 0.25) is 0 Å². The van der Waals surface area contributed by atoms with E-state index in [0.717, 1.165) is 37.2 Å². The van der Waals surface area contributed by atoms with Gasteiger partial charge in [-0.1, -0.05) is 18.2 Å². The van der Waals surface area contributed by atoms with Crippen molar-refractivity contribution in [1.82, 2.24) is 9.80 Å². The topological polar surface area (TPSA) is 70.2 Å². The quantitative estimate of drug-likeness (QED) is 0.727. The minimum atomic E-state index is -3.65. The molecule has 2 aromatic carbocycles. The molecular weight excluding hydrogens is 402 g/mol. The second-order valence-corrected chi connectivity index (χ2v) is 9.62. The lowest BCUT2D eigenvalue weighted by atomic mass is 10.0. The zero-order valence-electron chi connectivity index (χ0n) is 17.2. The lowest BCUT2D eigenvalue weighted by Crippen LogP contribution is -2.48. The molecule has 0 unspecified atom stereocenters. The number of benzene rings is 2. The van der Waals surface area contributed by atoms with Gasteiger partial charge >= 0.3 is 0 Å². The molecule has 0 atom stereocenters. The fourth-order valence-corrected chi connectivity index (χ4v) is 5.42. The van der Waals surface area contributed by atoms with E-state index in [0.29, 0.717) is 25.4 Å². The summed E-state index contributed by atoms with van der Waals surface area (Å²) < 4.78 is 33.5. The number of sulfonamides is 1. The van der Waals surface area contributed by atoms with Crippen molar-refractivity contribution in [2.75, 3.05) is 50.7 Å². The zero-order chi connectivity index (χ0) is 21.1. The average Bonchev–Trinajstić information content (AvgIpc) is 2.78. The van der Waals surface area contributed by atoms with Crippen molar-refractivity contribution in [2.24, 2.45) is 0 Å². The summed E-state index contributed by atoms with van der Waals surface area (Å²) in [4.78, 5) is 16.5. The fraction of sp³-hybridized carbons (Fsp3) is 0.409. The van der Waals surface area contributed by atoms with E-state index in [1.54, 1.807) is 29.2 Å². The van der Waals surface area contributed by atoms with Crippen molar-refractivity contribution in [3.8, 4) is 5.75 Å². The molecule has 30 heavy (non-hydrogen) atoms. The SMILES string of the molecule is CN1CCN(C(=O)COc2ccc(S(=O)(=O)N3CCCc4ccccc43)cc2)CC1. The molecule has 0 aliphatic carbocycles. The van der Waals surface area contributed by atoms with Gasteiger partial charge in [-0.3, -0.25) is 9.10 Å². The van der Waals surface area contributed by atoms with Gasteiger partial charge in [0.1, 0.15) is 5.75 Å². The first-order valence-electron chi connectivity index (χ1n) is 10.2. The van der Waals surface area contributed by atoms with E-state index in [1.165, 1.54) is 4.31 Å². The van der Waals surface area contributed by atoms with Crippen LogP contribution >= 0.6 is 0 Å². The second kappa shape index (κ2) is 8.65. The summed E-state index contributed by atoms with van der Waals surface area (Å²) in [6.45, 7) is 3.54. The Balaban J connectivity index is 1.42. The summed E-state index contributed by atoms with van der Waals surface area (Å²) in [6.07, 6.45) is 1.68. The molecule has 1 amide bonds. The molecule has 2 aliphatic heterocycles. The molecule has 4 rings (SSSR count). The van der Waals surface area contributed by atoms with Crippen molar-refractivity contribution < 1.29 is 17.9 Å². The highest BCUT2D eigenvalue weighted by Gasteiger charge is 2.29. The molecule has 0 radical (unpaired) electrons. The Morgan fingerprint density at radius 1 is 0.967 bits per heavy atom. The number of rotatable bonds is 5. The monoisotopic (exact) mass is 429 g/mol. The van der Waals surface area contributed by atoms with Gasteiger partial charge in [0.25, 0.3) is 15.9 Å². The Kier molecular flexibility index (Phi) is 5.97. The first-order chi connectivity index (χ1) is 14.4. The highest BCUT2D eigenvalue weighted by atomic mass is 32.2. The van der Waals surface area contributed by atoms with E-state index in [1.807, 2.05) is 31.3 Å². The highest BCUT2D eigenvalue weighted by Crippen LogP contribution is 2.32. The normalized spacial score (nSPS) is 17.5. The number of carbonyl (C=O) groups excluding carboxylic acids is 1. The Bertz CT molecular complexity index is 999. The summed E-state index contributed by atoms with van der Waals surface area (Å²) in [5.41, 5.74) is 1.80. The number of para-hydroxylation sites is 1. The van der Waals surface area contributed by atoms with Gasteiger partial charge in [0, 0.05) is 32.7 Å². The van der Waals surface area contributed by atoms with Gasteiger partial charge in [-0.05, 0) is 55.8 Å². The average molecular weight is 430 g/mol. The Morgan fingerprint density at radius 3 is 2.40 bits per heavy atom. The maximum Gasteiger partial charge on any atom is 0.264 e. The van der Waals surface area contributed by atoms with Crippen LogP contribution in [-0.2, 0) is 21.2 Å². The number of piperazine rings is 1. The van der Waals surface area contributed by atoms with Crippen LogP contribution < -0.4 is 9.04 Å². The molecule has 0 aromatic heterocycles. The van der Waals surface area contributed by atoms with Crippen molar-refractivity contribution >= 4 is 21.6 Å². The number of anilines is 1. The van der Waals surface area contributed by atoms with Gasteiger partial charge in [0.15, 0.2) is 6.61 Å². The molecule has 2 heterocycles. The van der Waals surface area contributed by atoms with Crippen LogP contribution in [-0.4, -0.2) is 70.5 Å². The van der Waals surface area contributed by atoms with Crippen LogP contribution in [0.3, 0.4) is 0 Å². The minimum absolute atomic E-state index is 0.0463. The molecule has 1 saturated heterocycles. The first-order valence-corrected chi connectivity index (χ1v) is 11.7. The van der Waals surface area contributed by atoms with E-state index in [2.05, 4.69) is 4.90 Å². The van der Waals surface area contributed by atoms with E-state index in [4.69, 9.17) is 4.74 Å². The molecule has 2 aromatic rings. The molecule has 160 valence electrons. The van der Waals surface area contributed by atoms with Crippen molar-refractivity contribution in [3.05, 3.63) is 54.1 Å². The molecule has 0 saturated carbocycles.